The number of aromatic nitrogens is 1. The number of sulfone groups is 1. The molecule has 117 valence electrons. The van der Waals surface area contributed by atoms with Gasteiger partial charge in [0, 0.05) is 5.92 Å². The van der Waals surface area contributed by atoms with E-state index in [4.69, 9.17) is 11.6 Å². The first-order valence-corrected chi connectivity index (χ1v) is 10.2. The van der Waals surface area contributed by atoms with Crippen LogP contribution < -0.4 is 5.43 Å². The molecule has 1 aromatic rings. The normalized spacial score (nSPS) is 23.0. The van der Waals surface area contributed by atoms with Gasteiger partial charge in [-0.2, -0.15) is 5.10 Å². The fraction of sp³-hybridized carbons (Fsp3) is 0.571. The molecule has 0 amide bonds. The molecule has 0 saturated heterocycles. The van der Waals surface area contributed by atoms with E-state index in [1.54, 1.807) is 0 Å². The highest BCUT2D eigenvalue weighted by atomic mass is 35.5. The van der Waals surface area contributed by atoms with Gasteiger partial charge in [0.1, 0.15) is 19.9 Å². The van der Waals surface area contributed by atoms with E-state index in [0.29, 0.717) is 25.7 Å². The number of hydrogen-bond acceptors (Lipinski definition) is 5. The van der Waals surface area contributed by atoms with Gasteiger partial charge in [-0.15, -0.1) is 16.8 Å². The van der Waals surface area contributed by atoms with E-state index in [1.807, 2.05) is 0 Å². The minimum atomic E-state index is -3.36. The van der Waals surface area contributed by atoms with E-state index in [1.165, 1.54) is 17.5 Å². The lowest BCUT2D eigenvalue weighted by Crippen LogP contribution is -2.21. The second kappa shape index (κ2) is 5.32. The number of halogens is 1. The summed E-state index contributed by atoms with van der Waals surface area (Å²) in [6.45, 7) is 0. The molecule has 22 heavy (non-hydrogen) atoms. The lowest BCUT2D eigenvalue weighted by Gasteiger charge is -2.12. The van der Waals surface area contributed by atoms with Crippen molar-refractivity contribution in [3.05, 3.63) is 20.4 Å². The zero-order chi connectivity index (χ0) is 15.3. The molecule has 2 aliphatic carbocycles. The van der Waals surface area contributed by atoms with Crippen molar-refractivity contribution in [1.29, 1.82) is 0 Å². The van der Waals surface area contributed by atoms with Gasteiger partial charge in [-0.1, -0.05) is 24.4 Å². The van der Waals surface area contributed by atoms with Crippen LogP contribution in [0, 0.1) is 5.92 Å². The smallest absolute Gasteiger partial charge is 0.185 e. The standard InChI is InChI=1S/C14H15ClN3O2S2/c15-10-7-16-14(21-10)12-13(22(19,20)9-5-6-9)11(17-18-12)8-3-1-2-4-8/h7-9H,1-6H2. The van der Waals surface area contributed by atoms with Crippen molar-refractivity contribution in [1.82, 2.24) is 10.4 Å². The second-order valence-electron chi connectivity index (χ2n) is 5.96. The lowest BCUT2D eigenvalue weighted by atomic mass is 10.0. The molecule has 3 aliphatic rings. The summed E-state index contributed by atoms with van der Waals surface area (Å²) in [5.41, 5.74) is 5.23. The molecule has 2 heterocycles. The Kier molecular flexibility index (Phi) is 3.54. The van der Waals surface area contributed by atoms with Crippen LogP contribution in [0.25, 0.3) is 5.70 Å². The highest BCUT2D eigenvalue weighted by Gasteiger charge is 2.46. The SMILES string of the molecule is O=S(=O)(C1=C(c2ncc(Cl)s2)[N]N=C1C1CCCC1)C1CC1. The van der Waals surface area contributed by atoms with Crippen LogP contribution in [0.3, 0.4) is 0 Å². The maximum absolute atomic E-state index is 12.9. The minimum Gasteiger partial charge on any atom is -0.241 e. The largest absolute Gasteiger partial charge is 0.241 e. The van der Waals surface area contributed by atoms with E-state index in [0.717, 1.165) is 38.5 Å². The summed E-state index contributed by atoms with van der Waals surface area (Å²) in [5.74, 6) is 0.209. The van der Waals surface area contributed by atoms with Crippen LogP contribution in [0.15, 0.2) is 16.2 Å². The third-order valence-corrected chi connectivity index (χ3v) is 7.82. The Balaban J connectivity index is 1.82. The van der Waals surface area contributed by atoms with Gasteiger partial charge in [0.2, 0.25) is 0 Å². The van der Waals surface area contributed by atoms with Crippen LogP contribution >= 0.6 is 22.9 Å². The number of allylic oxidation sites excluding steroid dienone is 1. The van der Waals surface area contributed by atoms with Crippen molar-refractivity contribution in [2.24, 2.45) is 11.0 Å². The molecule has 1 radical (unpaired) electrons. The minimum absolute atomic E-state index is 0.209. The molecule has 1 aromatic heterocycles. The fourth-order valence-electron chi connectivity index (χ4n) is 3.11. The molecule has 1 aliphatic heterocycles. The third kappa shape index (κ3) is 2.39. The fourth-order valence-corrected chi connectivity index (χ4v) is 6.08. The Morgan fingerprint density at radius 2 is 1.91 bits per heavy atom. The molecule has 4 rings (SSSR count). The molecule has 2 fully saturated rings. The summed E-state index contributed by atoms with van der Waals surface area (Å²) in [6.07, 6.45) is 7.22. The van der Waals surface area contributed by atoms with Crippen LogP contribution in [-0.4, -0.2) is 24.4 Å². The molecule has 0 N–H and O–H groups in total. The Bertz CT molecular complexity index is 772. The predicted molar refractivity (Wildman–Crippen MR) is 87.5 cm³/mol. The van der Waals surface area contributed by atoms with E-state index < -0.39 is 9.84 Å². The Morgan fingerprint density at radius 1 is 1.18 bits per heavy atom. The topological polar surface area (TPSA) is 73.5 Å². The Hall–Kier alpha value is -0.920. The molecule has 0 bridgehead atoms. The average molecular weight is 357 g/mol. The van der Waals surface area contributed by atoms with Gasteiger partial charge in [-0.25, -0.2) is 13.4 Å². The van der Waals surface area contributed by atoms with E-state index in [9.17, 15) is 8.42 Å². The molecule has 0 aromatic carbocycles. The van der Waals surface area contributed by atoms with Crippen molar-refractivity contribution >= 4 is 44.2 Å². The molecule has 0 atom stereocenters. The van der Waals surface area contributed by atoms with Gasteiger partial charge in [-0.05, 0) is 25.7 Å². The summed E-state index contributed by atoms with van der Waals surface area (Å²) < 4.78 is 26.3. The first-order valence-electron chi connectivity index (χ1n) is 7.46. The van der Waals surface area contributed by atoms with Crippen LogP contribution in [-0.2, 0) is 9.84 Å². The Morgan fingerprint density at radius 3 is 2.50 bits per heavy atom. The monoisotopic (exact) mass is 356 g/mol. The molecule has 2 saturated carbocycles. The zero-order valence-corrected chi connectivity index (χ0v) is 14.2. The van der Waals surface area contributed by atoms with Crippen LogP contribution in [0.5, 0.6) is 0 Å². The van der Waals surface area contributed by atoms with Crippen molar-refractivity contribution in [3.8, 4) is 0 Å². The average Bonchev–Trinajstić information content (AvgIpc) is 2.92. The quantitative estimate of drug-likeness (QED) is 0.831. The van der Waals surface area contributed by atoms with E-state index in [-0.39, 0.29) is 11.2 Å². The molecule has 0 spiro atoms. The van der Waals surface area contributed by atoms with Crippen LogP contribution in [0.4, 0.5) is 0 Å². The summed E-state index contributed by atoms with van der Waals surface area (Å²) >= 11 is 7.19. The van der Waals surface area contributed by atoms with Gasteiger partial charge in [0.05, 0.1) is 17.2 Å². The highest BCUT2D eigenvalue weighted by Crippen LogP contribution is 2.42. The summed E-state index contributed by atoms with van der Waals surface area (Å²) in [4.78, 5) is 4.53. The van der Waals surface area contributed by atoms with Gasteiger partial charge < -0.3 is 0 Å². The van der Waals surface area contributed by atoms with Gasteiger partial charge in [-0.3, -0.25) is 0 Å². The molecular weight excluding hydrogens is 342 g/mol. The molecule has 0 unspecified atom stereocenters. The number of rotatable bonds is 4. The third-order valence-electron chi connectivity index (χ3n) is 4.38. The van der Waals surface area contributed by atoms with Crippen LogP contribution in [0.2, 0.25) is 4.34 Å². The highest BCUT2D eigenvalue weighted by molar-refractivity contribution is 7.97. The second-order valence-corrected chi connectivity index (χ2v) is 9.79. The maximum Gasteiger partial charge on any atom is 0.185 e. The van der Waals surface area contributed by atoms with Gasteiger partial charge in [0.15, 0.2) is 9.84 Å². The van der Waals surface area contributed by atoms with Crippen LogP contribution in [0.1, 0.15) is 43.5 Å². The van der Waals surface area contributed by atoms with E-state index >= 15 is 0 Å². The van der Waals surface area contributed by atoms with Crippen molar-refractivity contribution < 1.29 is 8.42 Å². The Labute approximate surface area is 138 Å². The maximum atomic E-state index is 12.9. The van der Waals surface area contributed by atoms with Gasteiger partial charge in [0.25, 0.3) is 0 Å². The zero-order valence-electron chi connectivity index (χ0n) is 11.8. The number of thiazole rings is 1. The number of nitrogens with zero attached hydrogens (tertiary/aromatic N) is 3. The first kappa shape index (κ1) is 14.7. The summed E-state index contributed by atoms with van der Waals surface area (Å²) in [6, 6.07) is 0. The number of hydrogen-bond donors (Lipinski definition) is 0. The predicted octanol–water partition coefficient (Wildman–Crippen LogP) is 3.21. The van der Waals surface area contributed by atoms with E-state index in [2.05, 4.69) is 15.5 Å². The first-order chi connectivity index (χ1) is 10.6. The summed E-state index contributed by atoms with van der Waals surface area (Å²) in [5, 5.41) is 4.53. The molecule has 5 nitrogen and oxygen atoms in total. The summed E-state index contributed by atoms with van der Waals surface area (Å²) in [7, 11) is -3.36. The van der Waals surface area contributed by atoms with Crippen molar-refractivity contribution in [2.75, 3.05) is 0 Å². The molecule has 8 heteroatoms. The lowest BCUT2D eigenvalue weighted by molar-refractivity contribution is 0.601. The van der Waals surface area contributed by atoms with Crippen molar-refractivity contribution in [2.45, 2.75) is 43.8 Å². The van der Waals surface area contributed by atoms with Gasteiger partial charge >= 0.3 is 0 Å². The molecular formula is C14H15ClN3O2S2. The van der Waals surface area contributed by atoms with Crippen molar-refractivity contribution in [3.63, 3.8) is 0 Å².